The van der Waals surface area contributed by atoms with E-state index in [-0.39, 0.29) is 12.2 Å². The van der Waals surface area contributed by atoms with E-state index >= 15 is 0 Å². The second kappa shape index (κ2) is 4.87. The number of Topliss-reactive ketones (excluding diaryl/α,β-unsaturated/α-hetero) is 1. The van der Waals surface area contributed by atoms with Gasteiger partial charge in [0.05, 0.1) is 23.8 Å². The number of rotatable bonds is 3. The topological polar surface area (TPSA) is 30.2 Å². The molecule has 0 bridgehead atoms. The lowest BCUT2D eigenvalue weighted by atomic mass is 10.0. The highest BCUT2D eigenvalue weighted by atomic mass is 19.4. The van der Waals surface area contributed by atoms with Gasteiger partial charge in [-0.05, 0) is 24.3 Å². The van der Waals surface area contributed by atoms with Gasteiger partial charge in [-0.1, -0.05) is 6.07 Å². The van der Waals surface area contributed by atoms with Crippen molar-refractivity contribution in [3.63, 3.8) is 0 Å². The Balaban J connectivity index is 2.33. The van der Waals surface area contributed by atoms with Gasteiger partial charge in [0.25, 0.3) is 0 Å². The number of benzene rings is 1. The first-order chi connectivity index (χ1) is 8.89. The molecule has 0 spiro atoms. The van der Waals surface area contributed by atoms with Crippen LogP contribution < -0.4 is 0 Å². The third-order valence-corrected chi connectivity index (χ3v) is 2.52. The minimum absolute atomic E-state index is 0.266. The highest BCUT2D eigenvalue weighted by Gasteiger charge is 2.35. The summed E-state index contributed by atoms with van der Waals surface area (Å²) in [7, 11) is 0. The van der Waals surface area contributed by atoms with Crippen LogP contribution in [0.2, 0.25) is 0 Å². The number of ketones is 1. The molecule has 1 heterocycles. The molecule has 2 rings (SSSR count). The van der Waals surface area contributed by atoms with Crippen LogP contribution in [0.1, 0.15) is 21.7 Å². The van der Waals surface area contributed by atoms with Crippen LogP contribution in [0, 0.1) is 5.82 Å². The zero-order valence-corrected chi connectivity index (χ0v) is 9.50. The average molecular weight is 272 g/mol. The van der Waals surface area contributed by atoms with Crippen LogP contribution in [0.15, 0.2) is 41.0 Å². The molecule has 1 aromatic heterocycles. The van der Waals surface area contributed by atoms with Crippen molar-refractivity contribution in [2.75, 3.05) is 0 Å². The van der Waals surface area contributed by atoms with E-state index in [0.29, 0.717) is 6.07 Å². The lowest BCUT2D eigenvalue weighted by Gasteiger charge is -2.10. The maximum atomic E-state index is 13.7. The predicted octanol–water partition coefficient (Wildman–Crippen LogP) is 3.86. The van der Waals surface area contributed by atoms with Gasteiger partial charge in [0.15, 0.2) is 5.78 Å². The van der Waals surface area contributed by atoms with Crippen molar-refractivity contribution in [2.45, 2.75) is 12.6 Å². The number of carbonyl (C=O) groups is 1. The Hall–Kier alpha value is -2.11. The molecule has 19 heavy (non-hydrogen) atoms. The first kappa shape index (κ1) is 13.3. The molecule has 0 fully saturated rings. The van der Waals surface area contributed by atoms with E-state index in [9.17, 15) is 22.4 Å². The monoisotopic (exact) mass is 272 g/mol. The van der Waals surface area contributed by atoms with Crippen LogP contribution in [0.3, 0.4) is 0 Å². The second-order valence-electron chi connectivity index (χ2n) is 3.84. The fourth-order valence-corrected chi connectivity index (χ4v) is 1.63. The maximum absolute atomic E-state index is 13.7. The van der Waals surface area contributed by atoms with E-state index in [1.165, 1.54) is 18.4 Å². The normalized spacial score (nSPS) is 11.6. The van der Waals surface area contributed by atoms with Crippen LogP contribution in [0.5, 0.6) is 0 Å². The van der Waals surface area contributed by atoms with Gasteiger partial charge in [-0.3, -0.25) is 4.79 Å². The maximum Gasteiger partial charge on any atom is 0.419 e. The molecule has 0 amide bonds. The number of hydrogen-bond acceptors (Lipinski definition) is 2. The molecule has 6 heteroatoms. The van der Waals surface area contributed by atoms with Crippen LogP contribution in [-0.4, -0.2) is 5.78 Å². The van der Waals surface area contributed by atoms with Crippen molar-refractivity contribution in [3.8, 4) is 0 Å². The molecule has 2 aromatic rings. The lowest BCUT2D eigenvalue weighted by molar-refractivity contribution is -0.140. The Bertz CT molecular complexity index is 585. The summed E-state index contributed by atoms with van der Waals surface area (Å²) in [5, 5.41) is 0. The summed E-state index contributed by atoms with van der Waals surface area (Å²) in [6.07, 6.45) is -3.79. The zero-order valence-electron chi connectivity index (χ0n) is 9.50. The summed E-state index contributed by atoms with van der Waals surface area (Å²) in [6.45, 7) is 0. The Labute approximate surface area is 105 Å². The summed E-state index contributed by atoms with van der Waals surface area (Å²) in [5.41, 5.74) is -2.04. The van der Waals surface area contributed by atoms with Crippen molar-refractivity contribution in [2.24, 2.45) is 0 Å². The fourth-order valence-electron chi connectivity index (χ4n) is 1.63. The standard InChI is InChI=1S/C13H8F4O2/c14-12-9(4-1-5-10(12)13(15,16)17)11(18)7-8-3-2-6-19-8/h1-6H,7H2. The molecule has 1 aromatic carbocycles. The molecule has 0 saturated carbocycles. The summed E-state index contributed by atoms with van der Waals surface area (Å²) >= 11 is 0. The quantitative estimate of drug-likeness (QED) is 0.627. The fraction of sp³-hybridized carbons (Fsp3) is 0.154. The minimum atomic E-state index is -4.83. The van der Waals surface area contributed by atoms with Gasteiger partial charge in [-0.25, -0.2) is 4.39 Å². The van der Waals surface area contributed by atoms with Gasteiger partial charge in [-0.2, -0.15) is 13.2 Å². The predicted molar refractivity (Wildman–Crippen MR) is 58.1 cm³/mol. The first-order valence-corrected chi connectivity index (χ1v) is 5.31. The smallest absolute Gasteiger partial charge is 0.419 e. The highest BCUT2D eigenvalue weighted by molar-refractivity contribution is 5.97. The molecule has 2 nitrogen and oxygen atoms in total. The summed E-state index contributed by atoms with van der Waals surface area (Å²) in [6, 6.07) is 5.64. The van der Waals surface area contributed by atoms with Gasteiger partial charge in [0, 0.05) is 0 Å². The van der Waals surface area contributed by atoms with E-state index < -0.39 is 28.9 Å². The number of furan rings is 1. The Kier molecular flexibility index (Phi) is 3.42. The molecule has 100 valence electrons. The van der Waals surface area contributed by atoms with Crippen LogP contribution in [0.25, 0.3) is 0 Å². The number of carbonyl (C=O) groups excluding carboxylic acids is 1. The summed E-state index contributed by atoms with van der Waals surface area (Å²) in [5.74, 6) is -2.05. The van der Waals surface area contributed by atoms with Gasteiger partial charge >= 0.3 is 6.18 Å². The molecule has 0 aliphatic rings. The molecule has 0 atom stereocenters. The SMILES string of the molecule is O=C(Cc1ccco1)c1cccc(C(F)(F)F)c1F. The van der Waals surface area contributed by atoms with E-state index in [0.717, 1.165) is 12.1 Å². The van der Waals surface area contributed by atoms with E-state index in [4.69, 9.17) is 4.42 Å². The average Bonchev–Trinajstić information content (AvgIpc) is 2.80. The first-order valence-electron chi connectivity index (χ1n) is 5.31. The van der Waals surface area contributed by atoms with Crippen molar-refractivity contribution < 1.29 is 26.8 Å². The highest BCUT2D eigenvalue weighted by Crippen LogP contribution is 2.32. The molecule has 0 saturated heterocycles. The molecule has 0 aliphatic heterocycles. The van der Waals surface area contributed by atoms with E-state index in [1.807, 2.05) is 0 Å². The van der Waals surface area contributed by atoms with E-state index in [1.54, 1.807) is 0 Å². The molecule has 0 unspecified atom stereocenters. The molecular formula is C13H8F4O2. The van der Waals surface area contributed by atoms with Gasteiger partial charge in [-0.15, -0.1) is 0 Å². The third-order valence-electron chi connectivity index (χ3n) is 2.52. The molecule has 0 aliphatic carbocycles. The molecular weight excluding hydrogens is 264 g/mol. The number of alkyl halides is 3. The summed E-state index contributed by atoms with van der Waals surface area (Å²) in [4.78, 5) is 11.7. The minimum Gasteiger partial charge on any atom is -0.469 e. The van der Waals surface area contributed by atoms with Crippen molar-refractivity contribution in [1.82, 2.24) is 0 Å². The molecule has 0 N–H and O–H groups in total. The Morgan fingerprint density at radius 3 is 2.47 bits per heavy atom. The number of halogens is 4. The second-order valence-corrected chi connectivity index (χ2v) is 3.84. The van der Waals surface area contributed by atoms with Crippen LogP contribution in [0.4, 0.5) is 17.6 Å². The van der Waals surface area contributed by atoms with Crippen molar-refractivity contribution >= 4 is 5.78 Å². The summed E-state index contributed by atoms with van der Waals surface area (Å²) < 4.78 is 56.1. The van der Waals surface area contributed by atoms with Gasteiger partial charge in [0.1, 0.15) is 11.6 Å². The van der Waals surface area contributed by atoms with Gasteiger partial charge < -0.3 is 4.42 Å². The Morgan fingerprint density at radius 2 is 1.89 bits per heavy atom. The number of hydrogen-bond donors (Lipinski definition) is 0. The largest absolute Gasteiger partial charge is 0.469 e. The lowest BCUT2D eigenvalue weighted by Crippen LogP contribution is -2.13. The van der Waals surface area contributed by atoms with Crippen molar-refractivity contribution in [3.05, 3.63) is 59.3 Å². The Morgan fingerprint density at radius 1 is 1.16 bits per heavy atom. The zero-order chi connectivity index (χ0) is 14.0. The van der Waals surface area contributed by atoms with Gasteiger partial charge in [0.2, 0.25) is 0 Å². The van der Waals surface area contributed by atoms with Crippen LogP contribution >= 0.6 is 0 Å². The van der Waals surface area contributed by atoms with Crippen molar-refractivity contribution in [1.29, 1.82) is 0 Å². The third kappa shape index (κ3) is 2.83. The van der Waals surface area contributed by atoms with E-state index in [2.05, 4.69) is 0 Å². The molecule has 0 radical (unpaired) electrons. The van der Waals surface area contributed by atoms with Crippen LogP contribution in [-0.2, 0) is 12.6 Å².